The largest absolute Gasteiger partial charge is 0.494 e. The number of hydrogen-bond acceptors (Lipinski definition) is 3. The number of carbonyl (C=O) groups is 1. The van der Waals surface area contributed by atoms with Crippen molar-refractivity contribution in [2.24, 2.45) is 0 Å². The molecule has 158 valence electrons. The summed E-state index contributed by atoms with van der Waals surface area (Å²) in [5.74, 6) is 1.48. The monoisotopic (exact) mass is 404 g/mol. The Labute approximate surface area is 179 Å². The van der Waals surface area contributed by atoms with Crippen LogP contribution in [0, 0.1) is 0 Å². The average Bonchev–Trinajstić information content (AvgIpc) is 3.18. The van der Waals surface area contributed by atoms with Crippen molar-refractivity contribution in [1.82, 2.24) is 9.80 Å². The van der Waals surface area contributed by atoms with Gasteiger partial charge < -0.3 is 14.5 Å². The topological polar surface area (TPSA) is 32.8 Å². The van der Waals surface area contributed by atoms with Crippen molar-refractivity contribution in [3.05, 3.63) is 65.2 Å². The molecule has 0 radical (unpaired) electrons. The molecule has 5 rings (SSSR count). The van der Waals surface area contributed by atoms with Gasteiger partial charge in [-0.25, -0.2) is 0 Å². The molecule has 2 aromatic carbocycles. The summed E-state index contributed by atoms with van der Waals surface area (Å²) in [4.78, 5) is 17.1. The molecule has 2 aromatic rings. The van der Waals surface area contributed by atoms with Crippen molar-refractivity contribution < 1.29 is 9.53 Å². The van der Waals surface area contributed by atoms with Crippen molar-refractivity contribution in [3.8, 4) is 5.75 Å². The molecular formula is C26H32N2O2. The van der Waals surface area contributed by atoms with Crippen molar-refractivity contribution in [1.29, 1.82) is 0 Å². The molecule has 3 aliphatic rings. The van der Waals surface area contributed by atoms with E-state index in [1.165, 1.54) is 49.0 Å². The Hall–Kier alpha value is -2.33. The Kier molecular flexibility index (Phi) is 5.76. The van der Waals surface area contributed by atoms with E-state index in [1.54, 1.807) is 0 Å². The van der Waals surface area contributed by atoms with Crippen LogP contribution in [0.4, 0.5) is 0 Å². The normalized spacial score (nSPS) is 23.9. The minimum atomic E-state index is 0.219. The molecule has 4 nitrogen and oxygen atoms in total. The van der Waals surface area contributed by atoms with Gasteiger partial charge in [0.25, 0.3) is 0 Å². The van der Waals surface area contributed by atoms with Gasteiger partial charge in [-0.15, -0.1) is 0 Å². The highest BCUT2D eigenvalue weighted by molar-refractivity contribution is 5.80. The summed E-state index contributed by atoms with van der Waals surface area (Å²) in [6.45, 7) is 5.16. The van der Waals surface area contributed by atoms with E-state index in [2.05, 4.69) is 58.3 Å². The highest BCUT2D eigenvalue weighted by Gasteiger charge is 2.40. The van der Waals surface area contributed by atoms with E-state index in [0.29, 0.717) is 12.3 Å². The minimum absolute atomic E-state index is 0.219. The van der Waals surface area contributed by atoms with E-state index in [-0.39, 0.29) is 12.0 Å². The van der Waals surface area contributed by atoms with Gasteiger partial charge in [-0.2, -0.15) is 0 Å². The predicted octanol–water partition coefficient (Wildman–Crippen LogP) is 4.75. The fourth-order valence-corrected chi connectivity index (χ4v) is 5.46. The zero-order chi connectivity index (χ0) is 20.3. The number of ether oxygens (including phenoxy) is 1. The maximum atomic E-state index is 12.5. The third-order valence-electron chi connectivity index (χ3n) is 7.04. The lowest BCUT2D eigenvalue weighted by Crippen LogP contribution is -2.37. The Morgan fingerprint density at radius 2 is 1.80 bits per heavy atom. The number of rotatable bonds is 6. The number of benzene rings is 2. The highest BCUT2D eigenvalue weighted by Crippen LogP contribution is 2.45. The molecule has 0 bridgehead atoms. The van der Waals surface area contributed by atoms with Gasteiger partial charge in [-0.3, -0.25) is 4.79 Å². The van der Waals surface area contributed by atoms with Crippen LogP contribution in [0.15, 0.2) is 48.5 Å². The number of carbonyl (C=O) groups excluding carboxylic acids is 1. The first kappa shape index (κ1) is 19.6. The second-order valence-electron chi connectivity index (χ2n) is 8.96. The molecule has 2 fully saturated rings. The first-order valence-electron chi connectivity index (χ1n) is 11.6. The Morgan fingerprint density at radius 1 is 0.967 bits per heavy atom. The van der Waals surface area contributed by atoms with Crippen LogP contribution in [0.2, 0.25) is 0 Å². The molecule has 0 N–H and O–H groups in total. The van der Waals surface area contributed by atoms with Crippen LogP contribution in [-0.4, -0.2) is 48.5 Å². The van der Waals surface area contributed by atoms with Gasteiger partial charge in [0.1, 0.15) is 5.75 Å². The van der Waals surface area contributed by atoms with E-state index in [0.717, 1.165) is 38.3 Å². The molecule has 0 saturated carbocycles. The van der Waals surface area contributed by atoms with E-state index < -0.39 is 0 Å². The molecule has 2 atom stereocenters. The van der Waals surface area contributed by atoms with Gasteiger partial charge in [0, 0.05) is 25.4 Å². The summed E-state index contributed by atoms with van der Waals surface area (Å²) >= 11 is 0. The molecule has 4 heteroatoms. The Morgan fingerprint density at radius 3 is 2.63 bits per heavy atom. The lowest BCUT2D eigenvalue weighted by molar-refractivity contribution is -0.129. The molecule has 0 aliphatic carbocycles. The molecule has 1 amide bonds. The SMILES string of the molecule is O=C1CC[C@@H]2c3ccc(OCCCN4CCCCC4)cc3[C@H](c3ccccc3)CN12. The lowest BCUT2D eigenvalue weighted by Gasteiger charge is -2.37. The van der Waals surface area contributed by atoms with Crippen molar-refractivity contribution in [3.63, 3.8) is 0 Å². The summed E-state index contributed by atoms with van der Waals surface area (Å²) in [5, 5.41) is 0. The van der Waals surface area contributed by atoms with Crippen LogP contribution in [0.3, 0.4) is 0 Å². The number of nitrogens with zero attached hydrogens (tertiary/aromatic N) is 2. The summed E-state index contributed by atoms with van der Waals surface area (Å²) in [7, 11) is 0. The van der Waals surface area contributed by atoms with Gasteiger partial charge in [-0.05, 0) is 67.6 Å². The summed E-state index contributed by atoms with van der Waals surface area (Å²) in [6, 6.07) is 17.4. The average molecular weight is 405 g/mol. The Balaban J connectivity index is 1.32. The molecule has 3 heterocycles. The van der Waals surface area contributed by atoms with Crippen LogP contribution < -0.4 is 4.74 Å². The number of likely N-dealkylation sites (tertiary alicyclic amines) is 1. The van der Waals surface area contributed by atoms with Crippen molar-refractivity contribution >= 4 is 5.91 Å². The van der Waals surface area contributed by atoms with Gasteiger partial charge in [0.2, 0.25) is 5.91 Å². The third kappa shape index (κ3) is 3.98. The van der Waals surface area contributed by atoms with Gasteiger partial charge in [0.05, 0.1) is 12.6 Å². The van der Waals surface area contributed by atoms with Gasteiger partial charge in [0.15, 0.2) is 0 Å². The van der Waals surface area contributed by atoms with E-state index in [1.807, 2.05) is 0 Å². The zero-order valence-electron chi connectivity index (χ0n) is 17.8. The maximum absolute atomic E-state index is 12.5. The van der Waals surface area contributed by atoms with Crippen LogP contribution in [0.1, 0.15) is 67.2 Å². The standard InChI is InChI=1S/C26H32N2O2/c29-26-13-12-25-22-11-10-21(30-17-7-16-27-14-5-2-6-15-27)18-23(22)24(19-28(25)26)20-8-3-1-4-9-20/h1,3-4,8-11,18,24-25H,2,5-7,12-17,19H2/t24-,25+/m0/s1. The van der Waals surface area contributed by atoms with E-state index in [9.17, 15) is 4.79 Å². The first-order chi connectivity index (χ1) is 14.8. The van der Waals surface area contributed by atoms with Gasteiger partial charge >= 0.3 is 0 Å². The smallest absolute Gasteiger partial charge is 0.223 e. The lowest BCUT2D eigenvalue weighted by atomic mass is 9.81. The van der Waals surface area contributed by atoms with Crippen LogP contribution >= 0.6 is 0 Å². The molecule has 0 unspecified atom stereocenters. The minimum Gasteiger partial charge on any atom is -0.494 e. The molecule has 0 aromatic heterocycles. The van der Waals surface area contributed by atoms with Gasteiger partial charge in [-0.1, -0.05) is 42.8 Å². The van der Waals surface area contributed by atoms with E-state index >= 15 is 0 Å². The summed E-state index contributed by atoms with van der Waals surface area (Å²) in [5.41, 5.74) is 3.92. The highest BCUT2D eigenvalue weighted by atomic mass is 16.5. The van der Waals surface area contributed by atoms with Crippen LogP contribution in [0.25, 0.3) is 0 Å². The zero-order valence-corrected chi connectivity index (χ0v) is 17.8. The molecule has 0 spiro atoms. The predicted molar refractivity (Wildman–Crippen MR) is 119 cm³/mol. The van der Waals surface area contributed by atoms with Crippen LogP contribution in [0.5, 0.6) is 5.75 Å². The first-order valence-corrected chi connectivity index (χ1v) is 11.6. The molecule has 2 saturated heterocycles. The van der Waals surface area contributed by atoms with E-state index in [4.69, 9.17) is 4.74 Å². The fourth-order valence-electron chi connectivity index (χ4n) is 5.46. The van der Waals surface area contributed by atoms with Crippen LogP contribution in [-0.2, 0) is 4.79 Å². The molecule has 3 aliphatic heterocycles. The summed E-state index contributed by atoms with van der Waals surface area (Å²) in [6.07, 6.45) is 6.74. The second kappa shape index (κ2) is 8.81. The van der Waals surface area contributed by atoms with Crippen molar-refractivity contribution in [2.75, 3.05) is 32.8 Å². The second-order valence-corrected chi connectivity index (χ2v) is 8.96. The summed E-state index contributed by atoms with van der Waals surface area (Å²) < 4.78 is 6.17. The maximum Gasteiger partial charge on any atom is 0.223 e. The Bertz CT molecular complexity index is 876. The van der Waals surface area contributed by atoms with Crippen molar-refractivity contribution in [2.45, 2.75) is 50.5 Å². The number of fused-ring (bicyclic) bond motifs is 3. The number of hydrogen-bond donors (Lipinski definition) is 0. The molecular weight excluding hydrogens is 372 g/mol. The third-order valence-corrected chi connectivity index (χ3v) is 7.04. The number of piperidine rings is 1. The quantitative estimate of drug-likeness (QED) is 0.652. The molecule has 30 heavy (non-hydrogen) atoms. The number of amides is 1. The fraction of sp³-hybridized carbons (Fsp3) is 0.500.